The summed E-state index contributed by atoms with van der Waals surface area (Å²) in [5.74, 6) is 3.30. The summed E-state index contributed by atoms with van der Waals surface area (Å²) in [5, 5.41) is 0.966. The van der Waals surface area contributed by atoms with Gasteiger partial charge < -0.3 is 14.5 Å². The first-order valence-corrected chi connectivity index (χ1v) is 12.0. The van der Waals surface area contributed by atoms with Crippen molar-refractivity contribution in [2.24, 2.45) is 0 Å². The van der Waals surface area contributed by atoms with E-state index >= 15 is 4.39 Å². The van der Waals surface area contributed by atoms with Crippen LogP contribution in [0, 0.1) is 0 Å². The molecule has 0 unspecified atom stereocenters. The smallest absolute Gasteiger partial charge is 0.170 e. The number of nitrogens with zero attached hydrogens (tertiary/aromatic N) is 6. The molecule has 33 heavy (non-hydrogen) atoms. The predicted molar refractivity (Wildman–Crippen MR) is 126 cm³/mol. The van der Waals surface area contributed by atoms with Gasteiger partial charge in [-0.1, -0.05) is 0 Å². The molecule has 1 saturated carbocycles. The number of methoxy groups -OCH3 is 1. The Morgan fingerprint density at radius 1 is 1.03 bits per heavy atom. The summed E-state index contributed by atoms with van der Waals surface area (Å²) < 4.78 is 20.5. The van der Waals surface area contributed by atoms with E-state index in [1.165, 1.54) is 12.8 Å². The van der Waals surface area contributed by atoms with Gasteiger partial charge in [0.25, 0.3) is 0 Å². The average molecular weight is 449 g/mol. The van der Waals surface area contributed by atoms with Crippen molar-refractivity contribution in [3.63, 3.8) is 0 Å². The van der Waals surface area contributed by atoms with Crippen molar-refractivity contribution in [3.05, 3.63) is 42.1 Å². The number of anilines is 2. The van der Waals surface area contributed by atoms with Gasteiger partial charge in [0.05, 0.1) is 24.5 Å². The zero-order valence-corrected chi connectivity index (χ0v) is 19.0. The third-order valence-corrected chi connectivity index (χ3v) is 7.27. The molecule has 7 nitrogen and oxygen atoms in total. The number of alkyl halides is 1. The van der Waals surface area contributed by atoms with E-state index in [9.17, 15) is 0 Å². The monoisotopic (exact) mass is 448 g/mol. The summed E-state index contributed by atoms with van der Waals surface area (Å²) in [4.78, 5) is 23.3. The van der Waals surface area contributed by atoms with Gasteiger partial charge in [0.2, 0.25) is 0 Å². The highest BCUT2D eigenvalue weighted by Gasteiger charge is 2.48. The summed E-state index contributed by atoms with van der Waals surface area (Å²) in [7, 11) is 1.70. The Kier molecular flexibility index (Phi) is 5.03. The largest absolute Gasteiger partial charge is 0.495 e. The maximum atomic E-state index is 15.0. The molecule has 1 aliphatic carbocycles. The van der Waals surface area contributed by atoms with Gasteiger partial charge in [-0.25, -0.2) is 19.3 Å². The van der Waals surface area contributed by atoms with Crippen LogP contribution in [0.5, 0.6) is 5.75 Å². The number of aromatic nitrogens is 4. The second-order valence-corrected chi connectivity index (χ2v) is 9.44. The number of ether oxygens (including phenoxy) is 1. The average Bonchev–Trinajstić information content (AvgIpc) is 3.39. The number of halogens is 1. The Labute approximate surface area is 193 Å². The molecule has 0 bridgehead atoms. The van der Waals surface area contributed by atoms with Crippen LogP contribution < -0.4 is 14.5 Å². The number of rotatable bonds is 5. The molecule has 3 fully saturated rings. The van der Waals surface area contributed by atoms with Crippen LogP contribution >= 0.6 is 0 Å². The minimum atomic E-state index is -1.38. The van der Waals surface area contributed by atoms with Crippen molar-refractivity contribution in [3.8, 4) is 5.75 Å². The van der Waals surface area contributed by atoms with E-state index in [0.29, 0.717) is 24.6 Å². The van der Waals surface area contributed by atoms with E-state index in [1.807, 2.05) is 18.3 Å². The Bertz CT molecular complexity index is 1170. The molecular weight excluding hydrogens is 419 g/mol. The highest BCUT2D eigenvalue weighted by molar-refractivity contribution is 5.91. The Hall–Kier alpha value is -3.03. The molecule has 3 aromatic heterocycles. The van der Waals surface area contributed by atoms with Gasteiger partial charge in [0.15, 0.2) is 11.5 Å². The molecule has 0 aromatic carbocycles. The van der Waals surface area contributed by atoms with E-state index < -0.39 is 5.67 Å². The van der Waals surface area contributed by atoms with Crippen molar-refractivity contribution in [1.29, 1.82) is 0 Å². The molecule has 0 spiro atoms. The van der Waals surface area contributed by atoms with Gasteiger partial charge in [0.1, 0.15) is 17.4 Å². The zero-order valence-electron chi connectivity index (χ0n) is 19.0. The lowest BCUT2D eigenvalue weighted by atomic mass is 9.92. The predicted octanol–water partition coefficient (Wildman–Crippen LogP) is 4.37. The van der Waals surface area contributed by atoms with Crippen molar-refractivity contribution in [2.45, 2.75) is 50.1 Å². The van der Waals surface area contributed by atoms with E-state index in [-0.39, 0.29) is 0 Å². The summed E-state index contributed by atoms with van der Waals surface area (Å²) in [6.45, 7) is 3.71. The normalized spacial score (nSPS) is 20.4. The van der Waals surface area contributed by atoms with E-state index in [4.69, 9.17) is 9.72 Å². The molecule has 3 aliphatic rings. The molecule has 3 aromatic rings. The topological polar surface area (TPSA) is 67.3 Å². The van der Waals surface area contributed by atoms with Gasteiger partial charge >= 0.3 is 0 Å². The SMILES string of the molecule is COc1cccnc1C1CCN(c2nc(C3(F)CC3)nc3cnc(N4CCCC4)cc23)CC1. The quantitative estimate of drug-likeness (QED) is 0.574. The highest BCUT2D eigenvalue weighted by atomic mass is 19.1. The van der Waals surface area contributed by atoms with Crippen molar-refractivity contribution < 1.29 is 9.13 Å². The number of pyridine rings is 2. The second-order valence-electron chi connectivity index (χ2n) is 9.44. The molecule has 0 amide bonds. The van der Waals surface area contributed by atoms with Crippen LogP contribution in [0.3, 0.4) is 0 Å². The van der Waals surface area contributed by atoms with E-state index in [2.05, 4.69) is 30.8 Å². The van der Waals surface area contributed by atoms with Crippen LogP contribution in [0.4, 0.5) is 16.0 Å². The maximum absolute atomic E-state index is 15.0. The minimum absolute atomic E-state index is 0.314. The molecule has 0 radical (unpaired) electrons. The lowest BCUT2D eigenvalue weighted by Crippen LogP contribution is -2.34. The third kappa shape index (κ3) is 3.75. The van der Waals surface area contributed by atoms with Crippen LogP contribution in [0.25, 0.3) is 10.9 Å². The highest BCUT2D eigenvalue weighted by Crippen LogP contribution is 2.49. The molecule has 2 aliphatic heterocycles. The van der Waals surface area contributed by atoms with Crippen molar-refractivity contribution in [1.82, 2.24) is 19.9 Å². The van der Waals surface area contributed by atoms with Gasteiger partial charge in [-0.2, -0.15) is 0 Å². The van der Waals surface area contributed by atoms with Crippen LogP contribution in [0.15, 0.2) is 30.6 Å². The molecule has 172 valence electrons. The fourth-order valence-corrected chi connectivity index (χ4v) is 5.15. The fourth-order valence-electron chi connectivity index (χ4n) is 5.15. The van der Waals surface area contributed by atoms with E-state index in [0.717, 1.165) is 73.0 Å². The van der Waals surface area contributed by atoms with Gasteiger partial charge in [-0.3, -0.25) is 4.98 Å². The zero-order chi connectivity index (χ0) is 22.4. The molecular formula is C25H29FN6O. The lowest BCUT2D eigenvalue weighted by molar-refractivity contribution is 0.301. The minimum Gasteiger partial charge on any atom is -0.495 e. The summed E-state index contributed by atoms with van der Waals surface area (Å²) in [6.07, 6.45) is 8.90. The molecule has 6 rings (SSSR count). The Morgan fingerprint density at radius 3 is 2.55 bits per heavy atom. The van der Waals surface area contributed by atoms with Crippen LogP contribution in [-0.2, 0) is 5.67 Å². The summed E-state index contributed by atoms with van der Waals surface area (Å²) in [5.41, 5.74) is 0.375. The molecule has 2 saturated heterocycles. The van der Waals surface area contributed by atoms with Crippen LogP contribution in [0.2, 0.25) is 0 Å². The summed E-state index contributed by atoms with van der Waals surface area (Å²) >= 11 is 0. The van der Waals surface area contributed by atoms with Crippen molar-refractivity contribution >= 4 is 22.5 Å². The van der Waals surface area contributed by atoms with Crippen LogP contribution in [0.1, 0.15) is 56.0 Å². The molecule has 8 heteroatoms. The maximum Gasteiger partial charge on any atom is 0.170 e. The lowest BCUT2D eigenvalue weighted by Gasteiger charge is -2.34. The molecule has 0 atom stereocenters. The van der Waals surface area contributed by atoms with Gasteiger partial charge in [-0.15, -0.1) is 0 Å². The number of fused-ring (bicyclic) bond motifs is 1. The number of piperidine rings is 1. The molecule has 5 heterocycles. The van der Waals surface area contributed by atoms with Gasteiger partial charge in [0, 0.05) is 43.7 Å². The first-order valence-electron chi connectivity index (χ1n) is 12.0. The van der Waals surface area contributed by atoms with Crippen molar-refractivity contribution in [2.75, 3.05) is 43.1 Å². The summed E-state index contributed by atoms with van der Waals surface area (Å²) in [6, 6.07) is 5.98. The first kappa shape index (κ1) is 20.6. The number of hydrogen-bond donors (Lipinski definition) is 0. The third-order valence-electron chi connectivity index (χ3n) is 7.27. The second kappa shape index (κ2) is 8.08. The van der Waals surface area contributed by atoms with Gasteiger partial charge in [-0.05, 0) is 56.7 Å². The Morgan fingerprint density at radius 2 is 1.82 bits per heavy atom. The number of hydrogen-bond acceptors (Lipinski definition) is 7. The first-order chi connectivity index (χ1) is 16.1. The fraction of sp³-hybridized carbons (Fsp3) is 0.520. The molecule has 0 N–H and O–H groups in total. The Balaban J connectivity index is 1.34. The van der Waals surface area contributed by atoms with Crippen LogP contribution in [-0.4, -0.2) is 53.2 Å². The standard InChI is InChI=1S/C25H29FN6O/c1-33-20-5-4-10-27-22(20)17-6-13-32(14-7-17)23-18-15-21(31-11-2-3-12-31)28-16-19(18)29-24(30-23)25(26)8-9-25/h4-5,10,15-17H,2-3,6-9,11-14H2,1H3. The van der Waals surface area contributed by atoms with E-state index in [1.54, 1.807) is 13.3 Å².